The van der Waals surface area contributed by atoms with E-state index in [1.165, 1.54) is 12.8 Å². The van der Waals surface area contributed by atoms with Gasteiger partial charge in [0.15, 0.2) is 0 Å². The van der Waals surface area contributed by atoms with E-state index in [4.69, 9.17) is 5.73 Å². The Balaban J connectivity index is 2.94. The molecule has 0 spiro atoms. The number of aliphatic hydroxyl groups is 1. The van der Waals surface area contributed by atoms with Gasteiger partial charge in [0, 0.05) is 12.0 Å². The fourth-order valence-corrected chi connectivity index (χ4v) is 3.26. The molecule has 0 aromatic carbocycles. The Hall–Kier alpha value is -0.0800. The van der Waals surface area contributed by atoms with Crippen molar-refractivity contribution in [1.29, 1.82) is 0 Å². The lowest BCUT2D eigenvalue weighted by Crippen LogP contribution is -2.54. The second-order valence-electron chi connectivity index (χ2n) is 5.12. The van der Waals surface area contributed by atoms with Crippen LogP contribution >= 0.6 is 0 Å². The molecule has 1 saturated carbocycles. The maximum Gasteiger partial charge on any atom is 0.0735 e. The minimum absolute atomic E-state index is 0.00405. The van der Waals surface area contributed by atoms with Gasteiger partial charge in [0.1, 0.15) is 0 Å². The van der Waals surface area contributed by atoms with E-state index in [-0.39, 0.29) is 5.41 Å². The third-order valence-electron chi connectivity index (χ3n) is 4.36. The highest BCUT2D eigenvalue weighted by molar-refractivity contribution is 5.03. The average molecular weight is 199 g/mol. The molecule has 3 N–H and O–H groups in total. The van der Waals surface area contributed by atoms with Crippen molar-refractivity contribution in [3.63, 3.8) is 0 Å². The molecule has 84 valence electrons. The predicted octanol–water partition coefficient (Wildman–Crippen LogP) is 2.30. The Morgan fingerprint density at radius 3 is 2.14 bits per heavy atom. The summed E-state index contributed by atoms with van der Waals surface area (Å²) in [6, 6.07) is 0. The first-order valence-corrected chi connectivity index (χ1v) is 5.95. The van der Waals surface area contributed by atoms with E-state index >= 15 is 0 Å². The third kappa shape index (κ3) is 1.59. The fraction of sp³-hybridized carbons (Fsp3) is 1.00. The van der Waals surface area contributed by atoms with Crippen LogP contribution in [0.15, 0.2) is 0 Å². The minimum atomic E-state index is -0.557. The van der Waals surface area contributed by atoms with Gasteiger partial charge in [-0.25, -0.2) is 0 Å². The molecule has 1 aliphatic carbocycles. The molecule has 14 heavy (non-hydrogen) atoms. The highest BCUT2D eigenvalue weighted by Gasteiger charge is 2.51. The van der Waals surface area contributed by atoms with Crippen molar-refractivity contribution in [1.82, 2.24) is 0 Å². The van der Waals surface area contributed by atoms with Crippen molar-refractivity contribution < 1.29 is 5.11 Å². The molecule has 0 radical (unpaired) electrons. The first kappa shape index (κ1) is 12.0. The van der Waals surface area contributed by atoms with Crippen molar-refractivity contribution in [2.45, 2.75) is 58.5 Å². The van der Waals surface area contributed by atoms with Crippen molar-refractivity contribution in [2.24, 2.45) is 17.1 Å². The summed E-state index contributed by atoms with van der Waals surface area (Å²) in [4.78, 5) is 0. The number of hydrogen-bond acceptors (Lipinski definition) is 2. The lowest BCUT2D eigenvalue weighted by Gasteiger charge is -2.47. The van der Waals surface area contributed by atoms with E-state index in [9.17, 15) is 5.11 Å². The molecule has 1 fully saturated rings. The molecule has 0 aromatic rings. The van der Waals surface area contributed by atoms with Gasteiger partial charge in [-0.05, 0) is 25.2 Å². The molecule has 0 bridgehead atoms. The Labute approximate surface area is 87.9 Å². The van der Waals surface area contributed by atoms with E-state index in [2.05, 4.69) is 20.8 Å². The van der Waals surface area contributed by atoms with Crippen LogP contribution in [0.25, 0.3) is 0 Å². The van der Waals surface area contributed by atoms with Gasteiger partial charge in [0.2, 0.25) is 0 Å². The lowest BCUT2D eigenvalue weighted by atomic mass is 9.64. The highest BCUT2D eigenvalue weighted by Crippen LogP contribution is 2.50. The predicted molar refractivity (Wildman–Crippen MR) is 60.0 cm³/mol. The van der Waals surface area contributed by atoms with Gasteiger partial charge in [0.25, 0.3) is 0 Å². The second-order valence-corrected chi connectivity index (χ2v) is 5.12. The van der Waals surface area contributed by atoms with Gasteiger partial charge in [-0.15, -0.1) is 0 Å². The van der Waals surface area contributed by atoms with E-state index < -0.39 is 5.60 Å². The van der Waals surface area contributed by atoms with Gasteiger partial charge in [-0.2, -0.15) is 0 Å². The molecule has 0 saturated heterocycles. The van der Waals surface area contributed by atoms with E-state index in [1.54, 1.807) is 0 Å². The average Bonchev–Trinajstić information content (AvgIpc) is 2.66. The largest absolute Gasteiger partial charge is 0.389 e. The molecular formula is C12H25NO. The molecule has 1 atom stereocenters. The summed E-state index contributed by atoms with van der Waals surface area (Å²) in [5.74, 6) is 0.300. The van der Waals surface area contributed by atoms with E-state index in [0.29, 0.717) is 12.5 Å². The first-order valence-electron chi connectivity index (χ1n) is 5.95. The van der Waals surface area contributed by atoms with Crippen LogP contribution in [0.2, 0.25) is 0 Å². The molecular weight excluding hydrogens is 174 g/mol. The topological polar surface area (TPSA) is 46.2 Å². The summed E-state index contributed by atoms with van der Waals surface area (Å²) < 4.78 is 0. The van der Waals surface area contributed by atoms with Crippen molar-refractivity contribution in [2.75, 3.05) is 6.54 Å². The zero-order chi connectivity index (χ0) is 10.8. The SMILES string of the molecule is CCC(O)(C(C)C)C1(CN)CCCC1. The molecule has 0 aromatic heterocycles. The molecule has 2 heteroatoms. The molecule has 0 aliphatic heterocycles. The van der Waals surface area contributed by atoms with Crippen LogP contribution in [0.5, 0.6) is 0 Å². The quantitative estimate of drug-likeness (QED) is 0.730. The van der Waals surface area contributed by atoms with Crippen molar-refractivity contribution in [3.8, 4) is 0 Å². The summed E-state index contributed by atoms with van der Waals surface area (Å²) in [5.41, 5.74) is 5.35. The molecule has 2 nitrogen and oxygen atoms in total. The second kappa shape index (κ2) is 4.19. The van der Waals surface area contributed by atoms with Crippen LogP contribution in [0, 0.1) is 11.3 Å². The standard InChI is InChI=1S/C12H25NO/c1-4-12(14,10(2)3)11(9-13)7-5-6-8-11/h10,14H,4-9,13H2,1-3H3. The molecule has 0 amide bonds. The Morgan fingerprint density at radius 1 is 1.36 bits per heavy atom. The smallest absolute Gasteiger partial charge is 0.0735 e. The van der Waals surface area contributed by atoms with Gasteiger partial charge in [0.05, 0.1) is 5.60 Å². The monoisotopic (exact) mass is 199 g/mol. The van der Waals surface area contributed by atoms with Crippen molar-refractivity contribution in [3.05, 3.63) is 0 Å². The highest BCUT2D eigenvalue weighted by atomic mass is 16.3. The van der Waals surface area contributed by atoms with Gasteiger partial charge in [-0.3, -0.25) is 0 Å². The molecule has 1 unspecified atom stereocenters. The number of nitrogens with two attached hydrogens (primary N) is 1. The summed E-state index contributed by atoms with van der Waals surface area (Å²) in [6.07, 6.45) is 5.48. The Kier molecular flexibility index (Phi) is 3.59. The molecule has 1 aliphatic rings. The normalized spacial score (nSPS) is 25.3. The van der Waals surface area contributed by atoms with Gasteiger partial charge >= 0.3 is 0 Å². The summed E-state index contributed by atoms with van der Waals surface area (Å²) in [7, 11) is 0. The zero-order valence-electron chi connectivity index (χ0n) is 9.84. The summed E-state index contributed by atoms with van der Waals surface area (Å²) >= 11 is 0. The maximum absolute atomic E-state index is 10.8. The summed E-state index contributed by atoms with van der Waals surface area (Å²) in [5, 5.41) is 10.8. The summed E-state index contributed by atoms with van der Waals surface area (Å²) in [6.45, 7) is 6.93. The van der Waals surface area contributed by atoms with Gasteiger partial charge < -0.3 is 10.8 Å². The Bertz CT molecular complexity index is 181. The maximum atomic E-state index is 10.8. The van der Waals surface area contributed by atoms with Crippen LogP contribution in [-0.4, -0.2) is 17.3 Å². The van der Waals surface area contributed by atoms with E-state index in [1.807, 2.05) is 0 Å². The number of rotatable bonds is 4. The number of hydrogen-bond donors (Lipinski definition) is 2. The zero-order valence-corrected chi connectivity index (χ0v) is 9.84. The lowest BCUT2D eigenvalue weighted by molar-refractivity contribution is -0.115. The first-order chi connectivity index (χ1) is 6.52. The molecule has 0 heterocycles. The molecule has 1 rings (SSSR count). The van der Waals surface area contributed by atoms with Crippen LogP contribution < -0.4 is 5.73 Å². The van der Waals surface area contributed by atoms with Crippen molar-refractivity contribution >= 4 is 0 Å². The third-order valence-corrected chi connectivity index (χ3v) is 4.36. The van der Waals surface area contributed by atoms with Crippen LogP contribution in [0.3, 0.4) is 0 Å². The fourth-order valence-electron chi connectivity index (χ4n) is 3.26. The minimum Gasteiger partial charge on any atom is -0.389 e. The van der Waals surface area contributed by atoms with Gasteiger partial charge in [-0.1, -0.05) is 33.6 Å². The van der Waals surface area contributed by atoms with Crippen LogP contribution in [-0.2, 0) is 0 Å². The van der Waals surface area contributed by atoms with Crippen LogP contribution in [0.4, 0.5) is 0 Å². The van der Waals surface area contributed by atoms with E-state index in [0.717, 1.165) is 19.3 Å². The Morgan fingerprint density at radius 2 is 1.86 bits per heavy atom. The van der Waals surface area contributed by atoms with Crippen LogP contribution in [0.1, 0.15) is 52.9 Å².